The van der Waals surface area contributed by atoms with Crippen LogP contribution in [0.15, 0.2) is 55.1 Å². The van der Waals surface area contributed by atoms with Crippen molar-refractivity contribution in [1.29, 1.82) is 0 Å². The standard InChI is InChI=1S/C5H6N2.C5H5N.C2H6/c6-5-2-1-3-7-4-5;1-2-4-6-5-3-1;1-2/h1-4H,6H2;1-5H;1-2H3. The third-order valence-corrected chi connectivity index (χ3v) is 1.25. The smallest absolute Gasteiger partial charge is 0.0500 e. The Bertz CT molecular complexity index is 281. The molecule has 0 aliphatic carbocycles. The predicted octanol–water partition coefficient (Wildman–Crippen LogP) is 2.77. The Morgan fingerprint density at radius 3 is 1.67 bits per heavy atom. The summed E-state index contributed by atoms with van der Waals surface area (Å²) in [5.74, 6) is 0. The third-order valence-electron chi connectivity index (χ3n) is 1.25. The lowest BCUT2D eigenvalue weighted by atomic mass is 10.4. The molecule has 0 radical (unpaired) electrons. The molecular formula is C12H17N3. The normalized spacial score (nSPS) is 7.60. The topological polar surface area (TPSA) is 51.8 Å². The largest absolute Gasteiger partial charge is 0.397 e. The van der Waals surface area contributed by atoms with Crippen LogP contribution in [0.3, 0.4) is 0 Å². The molecule has 15 heavy (non-hydrogen) atoms. The highest BCUT2D eigenvalue weighted by atomic mass is 14.7. The Balaban J connectivity index is 0.000000227. The molecule has 0 aliphatic heterocycles. The molecule has 0 spiro atoms. The predicted molar refractivity (Wildman–Crippen MR) is 64.2 cm³/mol. The van der Waals surface area contributed by atoms with Crippen molar-refractivity contribution in [1.82, 2.24) is 9.97 Å². The second-order valence-corrected chi connectivity index (χ2v) is 2.31. The van der Waals surface area contributed by atoms with Gasteiger partial charge in [-0.1, -0.05) is 19.9 Å². The van der Waals surface area contributed by atoms with Crippen molar-refractivity contribution >= 4 is 5.69 Å². The summed E-state index contributed by atoms with van der Waals surface area (Å²) in [6.07, 6.45) is 6.80. The lowest BCUT2D eigenvalue weighted by molar-refractivity contribution is 1.33. The van der Waals surface area contributed by atoms with Gasteiger partial charge in [0.1, 0.15) is 0 Å². The van der Waals surface area contributed by atoms with E-state index in [2.05, 4.69) is 9.97 Å². The quantitative estimate of drug-likeness (QED) is 0.716. The summed E-state index contributed by atoms with van der Waals surface area (Å²) in [5, 5.41) is 0. The fraction of sp³-hybridized carbons (Fsp3) is 0.167. The van der Waals surface area contributed by atoms with Gasteiger partial charge in [-0.15, -0.1) is 0 Å². The summed E-state index contributed by atoms with van der Waals surface area (Å²) in [5.41, 5.74) is 6.01. The number of hydrogen-bond donors (Lipinski definition) is 1. The molecule has 2 N–H and O–H groups in total. The molecule has 3 heteroatoms. The van der Waals surface area contributed by atoms with Crippen LogP contribution in [0.2, 0.25) is 0 Å². The molecule has 0 aromatic carbocycles. The molecule has 80 valence electrons. The average molecular weight is 203 g/mol. The van der Waals surface area contributed by atoms with E-state index >= 15 is 0 Å². The van der Waals surface area contributed by atoms with Crippen molar-refractivity contribution in [3.8, 4) is 0 Å². The van der Waals surface area contributed by atoms with E-state index in [4.69, 9.17) is 5.73 Å². The first kappa shape index (κ1) is 13.1. The average Bonchev–Trinajstić information content (AvgIpc) is 2.36. The molecule has 0 unspecified atom stereocenters. The maximum atomic E-state index is 5.30. The molecule has 2 heterocycles. The van der Waals surface area contributed by atoms with Crippen molar-refractivity contribution in [2.24, 2.45) is 0 Å². The van der Waals surface area contributed by atoms with E-state index in [9.17, 15) is 0 Å². The van der Waals surface area contributed by atoms with Gasteiger partial charge in [-0.05, 0) is 24.3 Å². The van der Waals surface area contributed by atoms with Gasteiger partial charge in [0.2, 0.25) is 0 Å². The molecule has 0 saturated carbocycles. The van der Waals surface area contributed by atoms with Crippen LogP contribution < -0.4 is 5.73 Å². The summed E-state index contributed by atoms with van der Waals surface area (Å²) >= 11 is 0. The third kappa shape index (κ3) is 8.43. The number of pyridine rings is 2. The highest BCUT2D eigenvalue weighted by Crippen LogP contribution is 1.92. The van der Waals surface area contributed by atoms with E-state index in [0.29, 0.717) is 5.69 Å². The van der Waals surface area contributed by atoms with Gasteiger partial charge in [-0.2, -0.15) is 0 Å². The molecule has 0 atom stereocenters. The van der Waals surface area contributed by atoms with E-state index in [-0.39, 0.29) is 0 Å². The number of nitrogens with two attached hydrogens (primary N) is 1. The maximum Gasteiger partial charge on any atom is 0.0500 e. The molecule has 0 amide bonds. The molecule has 0 saturated heterocycles. The second kappa shape index (κ2) is 10.2. The number of hydrogen-bond acceptors (Lipinski definition) is 3. The van der Waals surface area contributed by atoms with E-state index < -0.39 is 0 Å². The SMILES string of the molecule is CC.Nc1cccnc1.c1ccncc1. The van der Waals surface area contributed by atoms with Crippen molar-refractivity contribution in [2.45, 2.75) is 13.8 Å². The number of anilines is 1. The number of aromatic nitrogens is 2. The van der Waals surface area contributed by atoms with Crippen LogP contribution in [0.1, 0.15) is 13.8 Å². The van der Waals surface area contributed by atoms with Crippen LogP contribution in [0.5, 0.6) is 0 Å². The fourth-order valence-electron chi connectivity index (χ4n) is 0.689. The Morgan fingerprint density at radius 1 is 0.867 bits per heavy atom. The van der Waals surface area contributed by atoms with Gasteiger partial charge in [0.05, 0.1) is 5.69 Å². The van der Waals surface area contributed by atoms with Gasteiger partial charge < -0.3 is 5.73 Å². The van der Waals surface area contributed by atoms with E-state index in [1.165, 1.54) is 0 Å². The first-order valence-electron chi connectivity index (χ1n) is 4.90. The minimum atomic E-state index is 0.711. The number of nitrogens with zero attached hydrogens (tertiary/aromatic N) is 2. The van der Waals surface area contributed by atoms with Crippen LogP contribution in [0, 0.1) is 0 Å². The molecule has 0 fully saturated rings. The Morgan fingerprint density at radius 2 is 1.47 bits per heavy atom. The minimum absolute atomic E-state index is 0.711. The fourth-order valence-corrected chi connectivity index (χ4v) is 0.689. The van der Waals surface area contributed by atoms with Gasteiger partial charge in [-0.25, -0.2) is 0 Å². The van der Waals surface area contributed by atoms with Gasteiger partial charge in [0, 0.05) is 24.8 Å². The Hall–Kier alpha value is -1.90. The van der Waals surface area contributed by atoms with Crippen LogP contribution in [0.4, 0.5) is 5.69 Å². The first-order chi connectivity index (χ1) is 7.39. The van der Waals surface area contributed by atoms with Crippen molar-refractivity contribution < 1.29 is 0 Å². The van der Waals surface area contributed by atoms with Gasteiger partial charge in [-0.3, -0.25) is 9.97 Å². The lowest BCUT2D eigenvalue weighted by Crippen LogP contribution is -1.82. The van der Waals surface area contributed by atoms with E-state index in [1.54, 1.807) is 36.9 Å². The summed E-state index contributed by atoms with van der Waals surface area (Å²) in [6, 6.07) is 9.31. The van der Waals surface area contributed by atoms with Gasteiger partial charge in [0.25, 0.3) is 0 Å². The summed E-state index contributed by atoms with van der Waals surface area (Å²) < 4.78 is 0. The van der Waals surface area contributed by atoms with Crippen molar-refractivity contribution in [3.63, 3.8) is 0 Å². The van der Waals surface area contributed by atoms with Gasteiger partial charge >= 0.3 is 0 Å². The van der Waals surface area contributed by atoms with Crippen LogP contribution >= 0.6 is 0 Å². The van der Waals surface area contributed by atoms with Gasteiger partial charge in [0.15, 0.2) is 0 Å². The summed E-state index contributed by atoms with van der Waals surface area (Å²) in [7, 11) is 0. The van der Waals surface area contributed by atoms with Crippen LogP contribution in [0.25, 0.3) is 0 Å². The first-order valence-corrected chi connectivity index (χ1v) is 4.90. The van der Waals surface area contributed by atoms with Crippen LogP contribution in [-0.4, -0.2) is 9.97 Å². The van der Waals surface area contributed by atoms with E-state index in [0.717, 1.165) is 0 Å². The molecule has 2 aromatic heterocycles. The Kier molecular flexibility index (Phi) is 8.89. The van der Waals surface area contributed by atoms with Crippen molar-refractivity contribution in [3.05, 3.63) is 55.1 Å². The monoisotopic (exact) mass is 203 g/mol. The minimum Gasteiger partial charge on any atom is -0.397 e. The number of nitrogen functional groups attached to an aromatic ring is 1. The Labute approximate surface area is 91.0 Å². The summed E-state index contributed by atoms with van der Waals surface area (Å²) in [4.78, 5) is 7.54. The molecule has 0 bridgehead atoms. The molecule has 3 nitrogen and oxygen atoms in total. The summed E-state index contributed by atoms with van der Waals surface area (Å²) in [6.45, 7) is 4.00. The van der Waals surface area contributed by atoms with E-state index in [1.807, 2.05) is 32.0 Å². The molecule has 2 rings (SSSR count). The molecule has 0 aliphatic rings. The maximum absolute atomic E-state index is 5.30. The molecular weight excluding hydrogens is 186 g/mol. The van der Waals surface area contributed by atoms with Crippen LogP contribution in [-0.2, 0) is 0 Å². The second-order valence-electron chi connectivity index (χ2n) is 2.31. The highest BCUT2D eigenvalue weighted by molar-refractivity contribution is 5.32. The zero-order chi connectivity index (χ0) is 11.4. The number of rotatable bonds is 0. The zero-order valence-electron chi connectivity index (χ0n) is 9.17. The highest BCUT2D eigenvalue weighted by Gasteiger charge is 1.73. The zero-order valence-corrected chi connectivity index (χ0v) is 9.17. The van der Waals surface area contributed by atoms with Crippen molar-refractivity contribution in [2.75, 3.05) is 5.73 Å². The lowest BCUT2D eigenvalue weighted by Gasteiger charge is -1.83. The molecule has 2 aromatic rings.